The maximum Gasteiger partial charge on any atom is 0.312 e. The number of Topliss-reactive ketones (excluding diaryl/α,β-unsaturated/α-hetero) is 1. The number of allylic oxidation sites excluding steroid dienone is 3. The van der Waals surface area contributed by atoms with Gasteiger partial charge in [-0.2, -0.15) is 5.10 Å². The van der Waals surface area contributed by atoms with E-state index in [1.807, 2.05) is 40.8 Å². The van der Waals surface area contributed by atoms with Crippen LogP contribution in [0.1, 0.15) is 76.4 Å². The second-order valence-electron chi connectivity index (χ2n) is 16.1. The molecule has 0 aromatic heterocycles. The Morgan fingerprint density at radius 3 is 2.31 bits per heavy atom. The number of ketones is 1. The molecule has 1 saturated heterocycles. The molecule has 0 saturated carbocycles. The van der Waals surface area contributed by atoms with Crippen LogP contribution in [0.15, 0.2) is 41.2 Å². The summed E-state index contributed by atoms with van der Waals surface area (Å²) in [6.07, 6.45) is 7.55. The molecule has 316 valence electrons. The van der Waals surface area contributed by atoms with Crippen molar-refractivity contribution >= 4 is 40.3 Å². The van der Waals surface area contributed by atoms with E-state index in [0.717, 1.165) is 13.1 Å². The number of aliphatic hydroxyl groups excluding tert-OH is 1. The molecule has 2 aromatic carbocycles. The summed E-state index contributed by atoms with van der Waals surface area (Å²) in [5, 5.41) is 55.6. The smallest absolute Gasteiger partial charge is 0.312 e. The van der Waals surface area contributed by atoms with E-state index in [9.17, 15) is 34.8 Å². The van der Waals surface area contributed by atoms with Gasteiger partial charge >= 0.3 is 11.8 Å². The van der Waals surface area contributed by atoms with Crippen molar-refractivity contribution < 1.29 is 53.8 Å². The number of aromatic hydroxyl groups is 3. The molecular weight excluding hydrogens is 748 g/mol. The third-order valence-corrected chi connectivity index (χ3v) is 11.6. The number of hydrogen-bond acceptors (Lipinski definition) is 14. The van der Waals surface area contributed by atoms with E-state index in [1.165, 1.54) is 40.4 Å². The number of phenols is 3. The van der Waals surface area contributed by atoms with Crippen molar-refractivity contribution in [2.45, 2.75) is 85.9 Å². The Morgan fingerprint density at radius 1 is 1.00 bits per heavy atom. The van der Waals surface area contributed by atoms with Gasteiger partial charge in [0.15, 0.2) is 5.75 Å². The number of rotatable bonds is 4. The topological polar surface area (TPSA) is 200 Å². The van der Waals surface area contributed by atoms with Crippen LogP contribution >= 0.6 is 0 Å². The molecule has 1 fully saturated rings. The number of aliphatic hydroxyl groups is 1. The Labute approximate surface area is 339 Å². The van der Waals surface area contributed by atoms with Crippen LogP contribution in [-0.4, -0.2) is 119 Å². The number of nitrogens with zero attached hydrogens (tertiary/aromatic N) is 3. The zero-order chi connectivity index (χ0) is 42.8. The molecule has 5 N–H and O–H groups in total. The molecule has 6 rings (SSSR count). The molecule has 4 heterocycles. The van der Waals surface area contributed by atoms with Crippen molar-refractivity contribution in [2.24, 2.45) is 28.8 Å². The van der Waals surface area contributed by atoms with Crippen molar-refractivity contribution in [3.8, 4) is 23.0 Å². The number of likely N-dealkylation sites (N-methyl/N-ethyl adjacent to an activating group) is 1. The van der Waals surface area contributed by atoms with Crippen LogP contribution in [0.25, 0.3) is 10.8 Å². The van der Waals surface area contributed by atoms with Crippen LogP contribution < -0.4 is 10.1 Å². The predicted octanol–water partition coefficient (Wildman–Crippen LogP) is 5.36. The standard InChI is InChI=1S/C43H58N4O11/c1-22-12-11-13-23(2)42(54)45-34-29(21-44-47-17-15-46(9)16-18-47)37(51)31-32(38(34)52)36(50)27(6)40-33(31)41(53)43(8,58-40)56-19-14-30(55-10)25(4)39(57-28(7)48)26(5)35(49)24(3)20-22/h11-14,19,21-22,24-26,30,35,39,49-52H,15-18,20H2,1-10H3,(H,45,54)/b12-11+,19-14+,23-13-,44-21+/t22-,24+,25+,26+,30-,35?,39+,43-/m0/s1. The fourth-order valence-electron chi connectivity index (χ4n) is 7.99. The molecule has 1 unspecified atom stereocenters. The van der Waals surface area contributed by atoms with Gasteiger partial charge < -0.3 is 49.6 Å². The van der Waals surface area contributed by atoms with E-state index in [-0.39, 0.29) is 56.3 Å². The number of phenolic OH excluding ortho intramolecular Hbond substituents is 3. The Bertz CT molecular complexity index is 2040. The second-order valence-corrected chi connectivity index (χ2v) is 16.1. The third-order valence-electron chi connectivity index (χ3n) is 11.6. The molecule has 5 bridgehead atoms. The zero-order valence-electron chi connectivity index (χ0n) is 35.0. The number of carbonyl (C=O) groups is 3. The molecular formula is C43H58N4O11. The Morgan fingerprint density at radius 2 is 1.67 bits per heavy atom. The number of hydrazone groups is 1. The Kier molecular flexibility index (Phi) is 13.5. The summed E-state index contributed by atoms with van der Waals surface area (Å²) < 4.78 is 23.7. The molecule has 58 heavy (non-hydrogen) atoms. The first kappa shape index (κ1) is 44.0. The van der Waals surface area contributed by atoms with Gasteiger partial charge in [0.25, 0.3) is 11.7 Å². The number of benzene rings is 2. The molecule has 4 aliphatic heterocycles. The summed E-state index contributed by atoms with van der Waals surface area (Å²) in [5.74, 6) is -6.83. The lowest BCUT2D eigenvalue weighted by atomic mass is 9.79. The molecule has 15 nitrogen and oxygen atoms in total. The van der Waals surface area contributed by atoms with E-state index in [0.29, 0.717) is 19.5 Å². The lowest BCUT2D eigenvalue weighted by Crippen LogP contribution is -2.44. The average molecular weight is 807 g/mol. The first-order chi connectivity index (χ1) is 27.3. The minimum Gasteiger partial charge on any atom is -0.507 e. The van der Waals surface area contributed by atoms with Crippen LogP contribution in [0.2, 0.25) is 0 Å². The number of methoxy groups -OCH3 is 1. The Hall–Kier alpha value is -5.12. The van der Waals surface area contributed by atoms with Gasteiger partial charge in [0, 0.05) is 75.5 Å². The normalized spacial score (nSPS) is 31.1. The molecule has 8 atom stereocenters. The van der Waals surface area contributed by atoms with Crippen LogP contribution in [0.4, 0.5) is 5.69 Å². The molecule has 0 spiro atoms. The molecule has 4 aliphatic rings. The van der Waals surface area contributed by atoms with Crippen molar-refractivity contribution in [1.29, 1.82) is 0 Å². The average Bonchev–Trinajstić information content (AvgIpc) is 3.44. The largest absolute Gasteiger partial charge is 0.507 e. The molecule has 1 amide bonds. The number of piperazine rings is 1. The highest BCUT2D eigenvalue weighted by atomic mass is 16.7. The number of hydrogen-bond donors (Lipinski definition) is 5. The second kappa shape index (κ2) is 17.8. The van der Waals surface area contributed by atoms with Gasteiger partial charge in [-0.15, -0.1) is 0 Å². The quantitative estimate of drug-likeness (QED) is 0.115. The van der Waals surface area contributed by atoms with Gasteiger partial charge in [-0.05, 0) is 45.2 Å². The summed E-state index contributed by atoms with van der Waals surface area (Å²) in [5.41, 5.74) is -0.149. The number of ether oxygens (including phenoxy) is 4. The summed E-state index contributed by atoms with van der Waals surface area (Å²) >= 11 is 0. The van der Waals surface area contributed by atoms with E-state index in [2.05, 4.69) is 15.3 Å². The van der Waals surface area contributed by atoms with Crippen molar-refractivity contribution in [1.82, 2.24) is 9.91 Å². The number of fused-ring (bicyclic) bond motifs is 14. The van der Waals surface area contributed by atoms with E-state index in [4.69, 9.17) is 18.9 Å². The first-order valence-electron chi connectivity index (χ1n) is 19.7. The number of carbonyl (C=O) groups excluding carboxylic acids is 3. The zero-order valence-corrected chi connectivity index (χ0v) is 35.0. The van der Waals surface area contributed by atoms with Gasteiger partial charge in [0.1, 0.15) is 23.4 Å². The molecule has 0 radical (unpaired) electrons. The monoisotopic (exact) mass is 806 g/mol. The van der Waals surface area contributed by atoms with Gasteiger partial charge in [-0.25, -0.2) is 0 Å². The van der Waals surface area contributed by atoms with Gasteiger partial charge in [0.05, 0.1) is 46.9 Å². The van der Waals surface area contributed by atoms with Gasteiger partial charge in [-0.1, -0.05) is 45.9 Å². The number of esters is 1. The number of amides is 1. The summed E-state index contributed by atoms with van der Waals surface area (Å²) in [4.78, 5) is 42.6. The highest BCUT2D eigenvalue weighted by Gasteiger charge is 2.50. The lowest BCUT2D eigenvalue weighted by Gasteiger charge is -2.36. The fraction of sp³-hybridized carbons (Fsp3) is 0.535. The SMILES string of the molecule is CO[C@H]1/C=C/O[C@@]2(C)Oc3c(C)c(O)c4c(O)c(c(/C=N/N5CCN(C)CC5)c(O)c4c3C2=O)NC(=O)/C(C)=C\C=C\[C@H](C)C[C@@H](C)C(O)[C@@H](C)[C@H](OC(C)=O)[C@@H]1C. The highest BCUT2D eigenvalue weighted by Crippen LogP contribution is 2.55. The minimum absolute atomic E-state index is 0.0243. The summed E-state index contributed by atoms with van der Waals surface area (Å²) in [6, 6.07) is 0. The fourth-order valence-corrected chi connectivity index (χ4v) is 7.99. The van der Waals surface area contributed by atoms with E-state index >= 15 is 0 Å². The lowest BCUT2D eigenvalue weighted by molar-refractivity contribution is -0.159. The number of anilines is 1. The van der Waals surface area contributed by atoms with Crippen molar-refractivity contribution in [3.63, 3.8) is 0 Å². The maximum absolute atomic E-state index is 14.4. The van der Waals surface area contributed by atoms with E-state index in [1.54, 1.807) is 30.2 Å². The molecule has 15 heteroatoms. The van der Waals surface area contributed by atoms with Crippen molar-refractivity contribution in [3.05, 3.63) is 52.8 Å². The predicted molar refractivity (Wildman–Crippen MR) is 219 cm³/mol. The highest BCUT2D eigenvalue weighted by molar-refractivity contribution is 6.23. The van der Waals surface area contributed by atoms with Crippen LogP contribution in [0.5, 0.6) is 23.0 Å². The van der Waals surface area contributed by atoms with Crippen LogP contribution in [0.3, 0.4) is 0 Å². The molecule has 2 aromatic rings. The van der Waals surface area contributed by atoms with E-state index < -0.39 is 70.8 Å². The van der Waals surface area contributed by atoms with Gasteiger partial charge in [-0.3, -0.25) is 19.4 Å². The van der Waals surface area contributed by atoms with Crippen molar-refractivity contribution in [2.75, 3.05) is 45.7 Å². The maximum atomic E-state index is 14.4. The van der Waals surface area contributed by atoms with Crippen LogP contribution in [-0.2, 0) is 23.8 Å². The minimum atomic E-state index is -2.01. The summed E-state index contributed by atoms with van der Waals surface area (Å²) in [6.45, 7) is 15.9. The summed E-state index contributed by atoms with van der Waals surface area (Å²) in [7, 11) is 3.47. The van der Waals surface area contributed by atoms with Gasteiger partial charge in [0.2, 0.25) is 0 Å². The number of nitrogens with one attached hydrogen (secondary N) is 1. The first-order valence-corrected chi connectivity index (χ1v) is 19.7. The Balaban J connectivity index is 1.69. The van der Waals surface area contributed by atoms with Crippen LogP contribution in [0, 0.1) is 30.6 Å². The third kappa shape index (κ3) is 8.81. The molecule has 0 aliphatic carbocycles.